The van der Waals surface area contributed by atoms with Crippen LogP contribution in [-0.2, 0) is 25.6 Å². The second-order valence-corrected chi connectivity index (χ2v) is 7.53. The number of fused-ring (bicyclic) bond motifs is 8. The molecule has 5 atom stereocenters. The minimum absolute atomic E-state index is 0.176. The van der Waals surface area contributed by atoms with Crippen LogP contribution in [0.3, 0.4) is 0 Å². The van der Waals surface area contributed by atoms with Crippen molar-refractivity contribution in [2.75, 3.05) is 13.3 Å². The summed E-state index contributed by atoms with van der Waals surface area (Å²) in [5.74, 6) is 1.07. The maximum absolute atomic E-state index is 11.6. The van der Waals surface area contributed by atoms with Gasteiger partial charge in [0.05, 0.1) is 0 Å². The molecule has 0 N–H and O–H groups in total. The second kappa shape index (κ2) is 5.99. The zero-order valence-corrected chi connectivity index (χ0v) is 15.3. The van der Waals surface area contributed by atoms with Gasteiger partial charge in [-0.25, -0.2) is 0 Å². The summed E-state index contributed by atoms with van der Waals surface area (Å²) in [6.07, 6.45) is 1.61. The van der Waals surface area contributed by atoms with Crippen molar-refractivity contribution in [3.05, 3.63) is 34.9 Å². The quantitative estimate of drug-likeness (QED) is 0.580. The molecule has 2 bridgehead atoms. The van der Waals surface area contributed by atoms with Crippen LogP contribution in [0.2, 0.25) is 0 Å². The molecule has 4 aliphatic rings. The zero-order chi connectivity index (χ0) is 18.7. The number of esters is 2. The summed E-state index contributed by atoms with van der Waals surface area (Å²) in [5, 5.41) is 0. The zero-order valence-electron chi connectivity index (χ0n) is 15.3. The lowest BCUT2D eigenvalue weighted by Gasteiger charge is -2.34. The van der Waals surface area contributed by atoms with Crippen LogP contribution in [-0.4, -0.2) is 48.4 Å². The fourth-order valence-electron chi connectivity index (χ4n) is 4.84. The topological polar surface area (TPSA) is 74.3 Å². The van der Waals surface area contributed by atoms with Gasteiger partial charge in [0.15, 0.2) is 17.6 Å². The molecule has 7 nitrogen and oxygen atoms in total. The molecule has 5 rings (SSSR count). The predicted molar refractivity (Wildman–Crippen MR) is 93.3 cm³/mol. The number of ether oxygens (including phenoxy) is 4. The minimum atomic E-state index is -0.546. The van der Waals surface area contributed by atoms with Crippen LogP contribution in [0.1, 0.15) is 37.3 Å². The summed E-state index contributed by atoms with van der Waals surface area (Å²) >= 11 is 0. The molecule has 1 aromatic carbocycles. The first-order chi connectivity index (χ1) is 13.0. The van der Waals surface area contributed by atoms with Gasteiger partial charge in [-0.05, 0) is 34.9 Å². The molecule has 7 heteroatoms. The third-order valence-corrected chi connectivity index (χ3v) is 5.83. The summed E-state index contributed by atoms with van der Waals surface area (Å²) < 4.78 is 22.0. The van der Waals surface area contributed by atoms with E-state index in [9.17, 15) is 9.59 Å². The predicted octanol–water partition coefficient (Wildman–Crippen LogP) is 1.89. The molecular weight excluding hydrogens is 350 g/mol. The molecule has 0 saturated carbocycles. The summed E-state index contributed by atoms with van der Waals surface area (Å²) in [5.41, 5.74) is 3.72. The van der Waals surface area contributed by atoms with E-state index in [0.717, 1.165) is 24.6 Å². The van der Waals surface area contributed by atoms with Gasteiger partial charge in [0.25, 0.3) is 0 Å². The van der Waals surface area contributed by atoms with Crippen LogP contribution < -0.4 is 9.47 Å². The van der Waals surface area contributed by atoms with Gasteiger partial charge < -0.3 is 18.9 Å². The second-order valence-electron chi connectivity index (χ2n) is 7.53. The molecule has 5 unspecified atom stereocenters. The van der Waals surface area contributed by atoms with E-state index in [4.69, 9.17) is 18.9 Å². The van der Waals surface area contributed by atoms with Crippen molar-refractivity contribution in [1.29, 1.82) is 0 Å². The third-order valence-electron chi connectivity index (χ3n) is 5.83. The number of carbonyl (C=O) groups is 2. The van der Waals surface area contributed by atoms with E-state index in [1.54, 1.807) is 0 Å². The van der Waals surface area contributed by atoms with Crippen LogP contribution >= 0.6 is 0 Å². The summed E-state index contributed by atoms with van der Waals surface area (Å²) in [7, 11) is 0. The van der Waals surface area contributed by atoms with Crippen LogP contribution in [0.4, 0.5) is 0 Å². The van der Waals surface area contributed by atoms with Gasteiger partial charge >= 0.3 is 11.9 Å². The Labute approximate surface area is 156 Å². The minimum Gasteiger partial charge on any atom is -0.458 e. The number of benzene rings is 1. The molecule has 3 aliphatic heterocycles. The van der Waals surface area contributed by atoms with Crippen molar-refractivity contribution in [1.82, 2.24) is 4.90 Å². The molecule has 1 saturated heterocycles. The molecule has 0 amide bonds. The highest BCUT2D eigenvalue weighted by Gasteiger charge is 2.48. The van der Waals surface area contributed by atoms with Crippen LogP contribution in [0.5, 0.6) is 11.5 Å². The molecule has 3 heterocycles. The lowest BCUT2D eigenvalue weighted by molar-refractivity contribution is -0.163. The van der Waals surface area contributed by atoms with Crippen LogP contribution in [0.15, 0.2) is 23.8 Å². The molecule has 0 spiro atoms. The smallest absolute Gasteiger partial charge is 0.303 e. The Morgan fingerprint density at radius 1 is 1.11 bits per heavy atom. The van der Waals surface area contributed by atoms with E-state index in [0.29, 0.717) is 6.42 Å². The fourth-order valence-corrected chi connectivity index (χ4v) is 4.84. The van der Waals surface area contributed by atoms with Gasteiger partial charge in [-0.2, -0.15) is 0 Å². The molecule has 1 fully saturated rings. The van der Waals surface area contributed by atoms with Gasteiger partial charge in [-0.15, -0.1) is 0 Å². The molecule has 27 heavy (non-hydrogen) atoms. The Morgan fingerprint density at radius 2 is 1.85 bits per heavy atom. The van der Waals surface area contributed by atoms with E-state index in [1.165, 1.54) is 30.5 Å². The van der Waals surface area contributed by atoms with E-state index in [-0.39, 0.29) is 30.7 Å². The first-order valence-corrected chi connectivity index (χ1v) is 9.22. The van der Waals surface area contributed by atoms with Gasteiger partial charge in [-0.3, -0.25) is 14.5 Å². The highest BCUT2D eigenvalue weighted by molar-refractivity contribution is 5.68. The number of hydrogen-bond acceptors (Lipinski definition) is 7. The van der Waals surface area contributed by atoms with Gasteiger partial charge in [-0.1, -0.05) is 0 Å². The highest BCUT2D eigenvalue weighted by Crippen LogP contribution is 2.50. The number of hydrogen-bond donors (Lipinski definition) is 0. The van der Waals surface area contributed by atoms with Crippen molar-refractivity contribution in [2.24, 2.45) is 0 Å². The number of nitrogens with zero attached hydrogens (tertiary/aromatic N) is 1. The Balaban J connectivity index is 1.52. The third kappa shape index (κ3) is 2.68. The number of carbonyl (C=O) groups excluding carboxylic acids is 2. The summed E-state index contributed by atoms with van der Waals surface area (Å²) in [4.78, 5) is 25.5. The van der Waals surface area contributed by atoms with Gasteiger partial charge in [0, 0.05) is 45.3 Å². The van der Waals surface area contributed by atoms with E-state index >= 15 is 0 Å². The maximum Gasteiger partial charge on any atom is 0.303 e. The van der Waals surface area contributed by atoms with Crippen molar-refractivity contribution >= 4 is 11.9 Å². The van der Waals surface area contributed by atoms with Crippen molar-refractivity contribution in [2.45, 2.75) is 51.0 Å². The first-order valence-electron chi connectivity index (χ1n) is 9.22. The lowest BCUT2D eigenvalue weighted by atomic mass is 9.82. The van der Waals surface area contributed by atoms with Gasteiger partial charge in [0.2, 0.25) is 6.79 Å². The molecule has 1 aromatic rings. The fraction of sp³-hybridized carbons (Fsp3) is 0.500. The average Bonchev–Trinajstić information content (AvgIpc) is 3.16. The number of rotatable bonds is 2. The molecule has 142 valence electrons. The summed E-state index contributed by atoms with van der Waals surface area (Å²) in [6.45, 7) is 4.74. The normalized spacial score (nSPS) is 32.2. The highest BCUT2D eigenvalue weighted by atomic mass is 16.7. The Hall–Kier alpha value is -2.54. The van der Waals surface area contributed by atoms with Gasteiger partial charge in [0.1, 0.15) is 6.10 Å². The molecular formula is C20H21NO6. The monoisotopic (exact) mass is 371 g/mol. The Kier molecular flexibility index (Phi) is 3.69. The Bertz CT molecular complexity index is 862. The Morgan fingerprint density at radius 3 is 2.59 bits per heavy atom. The summed E-state index contributed by atoms with van der Waals surface area (Å²) in [6, 6.07) is 4.33. The lowest BCUT2D eigenvalue weighted by Crippen LogP contribution is -2.43. The van der Waals surface area contributed by atoms with Crippen molar-refractivity contribution in [3.8, 4) is 11.5 Å². The average molecular weight is 371 g/mol. The van der Waals surface area contributed by atoms with Crippen LogP contribution in [0.25, 0.3) is 0 Å². The maximum atomic E-state index is 11.6. The molecule has 0 aromatic heterocycles. The molecule has 1 aliphatic carbocycles. The van der Waals surface area contributed by atoms with E-state index in [1.807, 2.05) is 6.08 Å². The first kappa shape index (κ1) is 16.6. The van der Waals surface area contributed by atoms with Crippen LogP contribution in [0, 0.1) is 0 Å². The van der Waals surface area contributed by atoms with E-state index < -0.39 is 12.2 Å². The van der Waals surface area contributed by atoms with Crippen molar-refractivity contribution < 1.29 is 28.5 Å². The van der Waals surface area contributed by atoms with E-state index in [2.05, 4.69) is 17.0 Å². The molecule has 0 radical (unpaired) electrons. The SMILES string of the molecule is CC(=O)OC1C=C2C3CN(Cc4cc5c(cc43)OCO5)C2CC1OC(C)=O. The standard InChI is InChI=1S/C20H21NO6/c1-10(22)26-19-5-14-15-8-21(16(14)6-20(19)27-11(2)23)7-12-3-17-18(4-13(12)15)25-9-24-17/h3-5,15-16,19-20H,6-9H2,1-2H3. The largest absolute Gasteiger partial charge is 0.458 e. The van der Waals surface area contributed by atoms with Crippen molar-refractivity contribution in [3.63, 3.8) is 0 Å².